The molecule has 19 heavy (non-hydrogen) atoms. The van der Waals surface area contributed by atoms with E-state index in [1.165, 1.54) is 0 Å². The predicted molar refractivity (Wildman–Crippen MR) is 79.3 cm³/mol. The van der Waals surface area contributed by atoms with Crippen LogP contribution in [0.4, 0.5) is 0 Å². The molecule has 0 atom stereocenters. The molecule has 0 aliphatic heterocycles. The monoisotopic (exact) mass is 338 g/mol. The molecule has 1 heterocycles. The summed E-state index contributed by atoms with van der Waals surface area (Å²) in [6.45, 7) is 2.22. The van der Waals surface area contributed by atoms with Crippen molar-refractivity contribution in [1.82, 2.24) is 10.3 Å². The maximum Gasteiger partial charge on any atom is 0.254 e. The number of aromatic nitrogens is 1. The summed E-state index contributed by atoms with van der Waals surface area (Å²) in [7, 11) is 0. The number of carbonyl (C=O) groups excluding carboxylic acids is 1. The second kappa shape index (κ2) is 6.17. The van der Waals surface area contributed by atoms with Gasteiger partial charge in [0, 0.05) is 17.2 Å². The number of nitrogens with one attached hydrogen (secondary N) is 1. The summed E-state index contributed by atoms with van der Waals surface area (Å²) in [5.74, 6) is -0.210. The molecule has 1 aromatic carbocycles. The summed E-state index contributed by atoms with van der Waals surface area (Å²) in [5.41, 5.74) is 2.08. The molecule has 0 saturated carbocycles. The van der Waals surface area contributed by atoms with Gasteiger partial charge in [0.15, 0.2) is 0 Å². The van der Waals surface area contributed by atoms with Gasteiger partial charge in [0.25, 0.3) is 5.91 Å². The zero-order chi connectivity index (χ0) is 13.8. The van der Waals surface area contributed by atoms with Crippen LogP contribution in [0.1, 0.15) is 21.6 Å². The standard InChI is InChI=1S/C14H12BrClN2O/c1-9-13(12(16)6-7-17-9)14(19)18-8-10-2-4-11(15)5-3-10/h2-7H,8H2,1H3,(H,18,19). The van der Waals surface area contributed by atoms with Crippen molar-refractivity contribution < 1.29 is 4.79 Å². The number of carbonyl (C=O) groups is 1. The van der Waals surface area contributed by atoms with Gasteiger partial charge in [-0.2, -0.15) is 0 Å². The normalized spacial score (nSPS) is 10.3. The van der Waals surface area contributed by atoms with Crippen molar-refractivity contribution >= 4 is 33.4 Å². The first-order valence-electron chi connectivity index (χ1n) is 5.71. The molecule has 5 heteroatoms. The van der Waals surface area contributed by atoms with E-state index in [2.05, 4.69) is 26.2 Å². The average molecular weight is 340 g/mol. The van der Waals surface area contributed by atoms with Gasteiger partial charge in [0.05, 0.1) is 16.3 Å². The van der Waals surface area contributed by atoms with Gasteiger partial charge in [0.1, 0.15) is 0 Å². The molecule has 0 unspecified atom stereocenters. The van der Waals surface area contributed by atoms with E-state index in [1.807, 2.05) is 24.3 Å². The van der Waals surface area contributed by atoms with Crippen molar-refractivity contribution in [1.29, 1.82) is 0 Å². The van der Waals surface area contributed by atoms with E-state index in [-0.39, 0.29) is 5.91 Å². The molecule has 0 spiro atoms. The van der Waals surface area contributed by atoms with Crippen LogP contribution in [0.15, 0.2) is 41.0 Å². The lowest BCUT2D eigenvalue weighted by Crippen LogP contribution is -2.24. The van der Waals surface area contributed by atoms with E-state index in [9.17, 15) is 4.79 Å². The van der Waals surface area contributed by atoms with Crippen LogP contribution in [0.5, 0.6) is 0 Å². The van der Waals surface area contributed by atoms with Crippen molar-refractivity contribution in [3.8, 4) is 0 Å². The fourth-order valence-electron chi connectivity index (χ4n) is 1.68. The minimum absolute atomic E-state index is 0.210. The van der Waals surface area contributed by atoms with E-state index in [0.717, 1.165) is 10.0 Å². The Balaban J connectivity index is 2.07. The quantitative estimate of drug-likeness (QED) is 0.925. The van der Waals surface area contributed by atoms with E-state index in [4.69, 9.17) is 11.6 Å². The lowest BCUT2D eigenvalue weighted by molar-refractivity contribution is 0.0950. The van der Waals surface area contributed by atoms with Crippen LogP contribution in [0.2, 0.25) is 5.02 Å². The third-order valence-corrected chi connectivity index (χ3v) is 3.53. The number of rotatable bonds is 3. The molecule has 98 valence electrons. The van der Waals surface area contributed by atoms with E-state index < -0.39 is 0 Å². The number of hydrogen-bond acceptors (Lipinski definition) is 2. The molecule has 3 nitrogen and oxygen atoms in total. The van der Waals surface area contributed by atoms with Gasteiger partial charge in [-0.05, 0) is 30.7 Å². The summed E-state index contributed by atoms with van der Waals surface area (Å²) < 4.78 is 1.01. The molecular weight excluding hydrogens is 328 g/mol. The van der Waals surface area contributed by atoms with Crippen LogP contribution in [0.3, 0.4) is 0 Å². The Morgan fingerprint density at radius 3 is 2.63 bits per heavy atom. The third-order valence-electron chi connectivity index (χ3n) is 2.68. The second-order valence-corrected chi connectivity index (χ2v) is 5.39. The molecule has 2 aromatic rings. The van der Waals surface area contributed by atoms with Gasteiger partial charge in [-0.1, -0.05) is 39.7 Å². The molecule has 2 rings (SSSR count). The molecule has 0 bridgehead atoms. The fourth-order valence-corrected chi connectivity index (χ4v) is 2.22. The first-order chi connectivity index (χ1) is 9.08. The highest BCUT2D eigenvalue weighted by molar-refractivity contribution is 9.10. The van der Waals surface area contributed by atoms with Crippen molar-refractivity contribution in [2.24, 2.45) is 0 Å². The Labute approximate surface area is 125 Å². The van der Waals surface area contributed by atoms with Crippen LogP contribution in [-0.2, 0) is 6.54 Å². The number of halogens is 2. The maximum atomic E-state index is 12.1. The Morgan fingerprint density at radius 1 is 1.32 bits per heavy atom. The summed E-state index contributed by atoms with van der Waals surface area (Å²) in [5, 5.41) is 3.26. The SMILES string of the molecule is Cc1nccc(Cl)c1C(=O)NCc1ccc(Br)cc1. The minimum Gasteiger partial charge on any atom is -0.348 e. The van der Waals surface area contributed by atoms with Crippen LogP contribution in [0, 0.1) is 6.92 Å². The van der Waals surface area contributed by atoms with Gasteiger partial charge in [-0.3, -0.25) is 9.78 Å². The van der Waals surface area contributed by atoms with Gasteiger partial charge < -0.3 is 5.32 Å². The number of aryl methyl sites for hydroxylation is 1. The molecule has 1 aromatic heterocycles. The number of nitrogens with zero attached hydrogens (tertiary/aromatic N) is 1. The predicted octanol–water partition coefficient (Wildman–Crippen LogP) is 3.74. The van der Waals surface area contributed by atoms with Crippen LogP contribution in [0.25, 0.3) is 0 Å². The molecule has 0 aliphatic rings. The highest BCUT2D eigenvalue weighted by atomic mass is 79.9. The molecule has 0 radical (unpaired) electrons. The summed E-state index contributed by atoms with van der Waals surface area (Å²) in [4.78, 5) is 16.2. The van der Waals surface area contributed by atoms with E-state index in [0.29, 0.717) is 22.8 Å². The Hall–Kier alpha value is -1.39. The zero-order valence-corrected chi connectivity index (χ0v) is 12.6. The smallest absolute Gasteiger partial charge is 0.254 e. The van der Waals surface area contributed by atoms with Crippen LogP contribution < -0.4 is 5.32 Å². The Morgan fingerprint density at radius 2 is 2.00 bits per heavy atom. The van der Waals surface area contributed by atoms with Crippen molar-refractivity contribution in [3.63, 3.8) is 0 Å². The maximum absolute atomic E-state index is 12.1. The van der Waals surface area contributed by atoms with Crippen molar-refractivity contribution in [2.45, 2.75) is 13.5 Å². The first-order valence-corrected chi connectivity index (χ1v) is 6.89. The minimum atomic E-state index is -0.210. The third kappa shape index (κ3) is 3.55. The first kappa shape index (κ1) is 14.0. The Kier molecular flexibility index (Phi) is 4.56. The lowest BCUT2D eigenvalue weighted by Gasteiger charge is -2.08. The fraction of sp³-hybridized carbons (Fsp3) is 0.143. The van der Waals surface area contributed by atoms with Gasteiger partial charge >= 0.3 is 0 Å². The van der Waals surface area contributed by atoms with Gasteiger partial charge in [-0.15, -0.1) is 0 Å². The summed E-state index contributed by atoms with van der Waals surface area (Å²) >= 11 is 9.39. The Bertz CT molecular complexity index is 579. The number of pyridine rings is 1. The highest BCUT2D eigenvalue weighted by Crippen LogP contribution is 2.17. The number of amides is 1. The number of benzene rings is 1. The molecule has 0 aliphatic carbocycles. The molecule has 1 N–H and O–H groups in total. The van der Waals surface area contributed by atoms with Gasteiger partial charge in [-0.25, -0.2) is 0 Å². The largest absolute Gasteiger partial charge is 0.348 e. The lowest BCUT2D eigenvalue weighted by atomic mass is 10.1. The van der Waals surface area contributed by atoms with E-state index >= 15 is 0 Å². The summed E-state index contributed by atoms with van der Waals surface area (Å²) in [6.07, 6.45) is 1.59. The second-order valence-electron chi connectivity index (χ2n) is 4.06. The average Bonchev–Trinajstić information content (AvgIpc) is 2.38. The highest BCUT2D eigenvalue weighted by Gasteiger charge is 2.13. The summed E-state index contributed by atoms with van der Waals surface area (Å²) in [6, 6.07) is 9.38. The molecule has 0 saturated heterocycles. The zero-order valence-electron chi connectivity index (χ0n) is 10.3. The topological polar surface area (TPSA) is 42.0 Å². The molecular formula is C14H12BrClN2O. The van der Waals surface area contributed by atoms with Crippen molar-refractivity contribution in [2.75, 3.05) is 0 Å². The van der Waals surface area contributed by atoms with Crippen LogP contribution >= 0.6 is 27.5 Å². The van der Waals surface area contributed by atoms with Gasteiger partial charge in [0.2, 0.25) is 0 Å². The number of hydrogen-bond donors (Lipinski definition) is 1. The van der Waals surface area contributed by atoms with Crippen molar-refractivity contribution in [3.05, 3.63) is 62.8 Å². The molecule has 1 amide bonds. The van der Waals surface area contributed by atoms with Crippen LogP contribution in [-0.4, -0.2) is 10.9 Å². The molecule has 0 fully saturated rings. The van der Waals surface area contributed by atoms with E-state index in [1.54, 1.807) is 19.2 Å².